The molecule has 0 atom stereocenters. The summed E-state index contributed by atoms with van der Waals surface area (Å²) in [5.41, 5.74) is 3.25. The molecule has 0 heterocycles. The summed E-state index contributed by atoms with van der Waals surface area (Å²) in [6, 6.07) is 11.2. The van der Waals surface area contributed by atoms with Crippen molar-refractivity contribution in [3.8, 4) is 16.9 Å². The summed E-state index contributed by atoms with van der Waals surface area (Å²) in [5.74, 6) is 0.779. The van der Waals surface area contributed by atoms with E-state index in [0.717, 1.165) is 33.2 Å². The normalized spacial score (nSPS) is 11.3. The Balaban J connectivity index is 2.62. The first-order valence-corrected chi connectivity index (χ1v) is 9.50. The van der Waals surface area contributed by atoms with E-state index in [1.807, 2.05) is 38.1 Å². The SMILES string of the molecule is CCOc1cc(Br)cc(-c2ccccc2NS(C)(=O)=O)c1C. The molecule has 0 spiro atoms. The second-order valence-corrected chi connectivity index (χ2v) is 7.59. The Hall–Kier alpha value is -1.53. The molecule has 0 fully saturated rings. The lowest BCUT2D eigenvalue weighted by molar-refractivity contribution is 0.338. The molecule has 0 saturated heterocycles. The first kappa shape index (κ1) is 16.8. The molecule has 4 nitrogen and oxygen atoms in total. The van der Waals surface area contributed by atoms with E-state index in [-0.39, 0.29) is 0 Å². The molecule has 0 aromatic heterocycles. The van der Waals surface area contributed by atoms with Crippen molar-refractivity contribution in [1.82, 2.24) is 0 Å². The first-order chi connectivity index (χ1) is 10.3. The van der Waals surface area contributed by atoms with E-state index < -0.39 is 10.0 Å². The molecule has 2 aromatic rings. The number of ether oxygens (including phenoxy) is 1. The van der Waals surface area contributed by atoms with Crippen LogP contribution in [0, 0.1) is 6.92 Å². The number of benzene rings is 2. The van der Waals surface area contributed by atoms with Gasteiger partial charge in [-0.1, -0.05) is 34.1 Å². The Bertz CT molecular complexity index is 788. The Morgan fingerprint density at radius 2 is 1.86 bits per heavy atom. The Morgan fingerprint density at radius 1 is 1.18 bits per heavy atom. The molecular weight excluding hydrogens is 366 g/mol. The summed E-state index contributed by atoms with van der Waals surface area (Å²) in [6.45, 7) is 4.46. The third-order valence-corrected chi connectivity index (χ3v) is 4.19. The van der Waals surface area contributed by atoms with Crippen molar-refractivity contribution in [2.24, 2.45) is 0 Å². The summed E-state index contributed by atoms with van der Waals surface area (Å²) in [5, 5.41) is 0. The molecular formula is C16H18BrNO3S. The van der Waals surface area contributed by atoms with E-state index in [1.165, 1.54) is 0 Å². The molecule has 2 aromatic carbocycles. The topological polar surface area (TPSA) is 55.4 Å². The van der Waals surface area contributed by atoms with Crippen LogP contribution in [0.5, 0.6) is 5.75 Å². The van der Waals surface area contributed by atoms with Gasteiger partial charge in [0.2, 0.25) is 10.0 Å². The van der Waals surface area contributed by atoms with Crippen LogP contribution in [0.3, 0.4) is 0 Å². The molecule has 0 aliphatic heterocycles. The van der Waals surface area contributed by atoms with Crippen molar-refractivity contribution >= 4 is 31.6 Å². The van der Waals surface area contributed by atoms with Crippen LogP contribution in [0.4, 0.5) is 5.69 Å². The maximum absolute atomic E-state index is 11.6. The van der Waals surface area contributed by atoms with E-state index in [0.29, 0.717) is 12.3 Å². The van der Waals surface area contributed by atoms with Gasteiger partial charge in [0.05, 0.1) is 18.6 Å². The van der Waals surface area contributed by atoms with Crippen molar-refractivity contribution in [2.75, 3.05) is 17.6 Å². The van der Waals surface area contributed by atoms with Gasteiger partial charge < -0.3 is 4.74 Å². The predicted octanol–water partition coefficient (Wildman–Crippen LogP) is 4.19. The summed E-state index contributed by atoms with van der Waals surface area (Å²) in [4.78, 5) is 0. The van der Waals surface area contributed by atoms with Gasteiger partial charge >= 0.3 is 0 Å². The van der Waals surface area contributed by atoms with Crippen LogP contribution in [-0.2, 0) is 10.0 Å². The van der Waals surface area contributed by atoms with Crippen molar-refractivity contribution in [1.29, 1.82) is 0 Å². The summed E-state index contributed by atoms with van der Waals surface area (Å²) in [7, 11) is -3.34. The summed E-state index contributed by atoms with van der Waals surface area (Å²) < 4.78 is 32.2. The molecule has 6 heteroatoms. The largest absolute Gasteiger partial charge is 0.494 e. The number of hydrogen-bond acceptors (Lipinski definition) is 3. The number of sulfonamides is 1. The molecule has 0 aliphatic carbocycles. The highest BCUT2D eigenvalue weighted by Gasteiger charge is 2.14. The maximum atomic E-state index is 11.6. The maximum Gasteiger partial charge on any atom is 0.229 e. The van der Waals surface area contributed by atoms with Crippen LogP contribution in [-0.4, -0.2) is 21.3 Å². The third-order valence-electron chi connectivity index (χ3n) is 3.14. The highest BCUT2D eigenvalue weighted by molar-refractivity contribution is 9.10. The van der Waals surface area contributed by atoms with E-state index in [1.54, 1.807) is 12.1 Å². The van der Waals surface area contributed by atoms with Gasteiger partial charge in [0.15, 0.2) is 0 Å². The number of para-hydroxylation sites is 1. The molecule has 0 bridgehead atoms. The number of hydrogen-bond donors (Lipinski definition) is 1. The standard InChI is InChI=1S/C16H18BrNO3S/c1-4-21-16-10-12(17)9-14(11(16)2)13-7-5-6-8-15(13)18-22(3,19)20/h5-10,18H,4H2,1-3H3. The fourth-order valence-electron chi connectivity index (χ4n) is 2.25. The van der Waals surface area contributed by atoms with E-state index in [2.05, 4.69) is 20.7 Å². The lowest BCUT2D eigenvalue weighted by atomic mass is 9.98. The van der Waals surface area contributed by atoms with Crippen molar-refractivity contribution < 1.29 is 13.2 Å². The lowest BCUT2D eigenvalue weighted by Crippen LogP contribution is -2.10. The predicted molar refractivity (Wildman–Crippen MR) is 94.0 cm³/mol. The first-order valence-electron chi connectivity index (χ1n) is 6.82. The van der Waals surface area contributed by atoms with Gasteiger partial charge in [-0.2, -0.15) is 0 Å². The Morgan fingerprint density at radius 3 is 2.50 bits per heavy atom. The molecule has 2 rings (SSSR count). The van der Waals surface area contributed by atoms with Crippen LogP contribution in [0.15, 0.2) is 40.9 Å². The minimum absolute atomic E-state index is 0.550. The minimum Gasteiger partial charge on any atom is -0.494 e. The highest BCUT2D eigenvalue weighted by atomic mass is 79.9. The average molecular weight is 384 g/mol. The van der Waals surface area contributed by atoms with Gasteiger partial charge in [-0.05, 0) is 43.2 Å². The van der Waals surface area contributed by atoms with Crippen molar-refractivity contribution in [2.45, 2.75) is 13.8 Å². The minimum atomic E-state index is -3.34. The Kier molecular flexibility index (Phi) is 5.13. The zero-order valence-corrected chi connectivity index (χ0v) is 15.1. The second kappa shape index (κ2) is 6.71. The zero-order chi connectivity index (χ0) is 16.3. The lowest BCUT2D eigenvalue weighted by Gasteiger charge is -2.16. The quantitative estimate of drug-likeness (QED) is 0.841. The number of nitrogens with one attached hydrogen (secondary N) is 1. The van der Waals surface area contributed by atoms with E-state index >= 15 is 0 Å². The highest BCUT2D eigenvalue weighted by Crippen LogP contribution is 2.37. The fraction of sp³-hybridized carbons (Fsp3) is 0.250. The van der Waals surface area contributed by atoms with Crippen LogP contribution in [0.2, 0.25) is 0 Å². The van der Waals surface area contributed by atoms with Crippen LogP contribution >= 0.6 is 15.9 Å². The van der Waals surface area contributed by atoms with Gasteiger partial charge in [0, 0.05) is 10.0 Å². The monoisotopic (exact) mass is 383 g/mol. The van der Waals surface area contributed by atoms with Gasteiger partial charge in [-0.15, -0.1) is 0 Å². The third kappa shape index (κ3) is 4.01. The molecule has 118 valence electrons. The van der Waals surface area contributed by atoms with Gasteiger partial charge in [0.1, 0.15) is 5.75 Å². The number of anilines is 1. The molecule has 22 heavy (non-hydrogen) atoms. The molecule has 1 N–H and O–H groups in total. The smallest absolute Gasteiger partial charge is 0.229 e. The molecule has 0 radical (unpaired) electrons. The van der Waals surface area contributed by atoms with Crippen LogP contribution in [0.1, 0.15) is 12.5 Å². The van der Waals surface area contributed by atoms with Crippen LogP contribution < -0.4 is 9.46 Å². The Labute approximate surface area is 139 Å². The fourth-order valence-corrected chi connectivity index (χ4v) is 3.26. The number of rotatable bonds is 5. The summed E-state index contributed by atoms with van der Waals surface area (Å²) in [6.07, 6.45) is 1.14. The van der Waals surface area contributed by atoms with Gasteiger partial charge in [-0.25, -0.2) is 8.42 Å². The van der Waals surface area contributed by atoms with Crippen LogP contribution in [0.25, 0.3) is 11.1 Å². The molecule has 0 saturated carbocycles. The van der Waals surface area contributed by atoms with Crippen molar-refractivity contribution in [3.63, 3.8) is 0 Å². The van der Waals surface area contributed by atoms with E-state index in [9.17, 15) is 8.42 Å². The van der Waals surface area contributed by atoms with E-state index in [4.69, 9.17) is 4.74 Å². The molecule has 0 amide bonds. The zero-order valence-electron chi connectivity index (χ0n) is 12.7. The van der Waals surface area contributed by atoms with Gasteiger partial charge in [0.25, 0.3) is 0 Å². The van der Waals surface area contributed by atoms with Gasteiger partial charge in [-0.3, -0.25) is 4.72 Å². The molecule has 0 unspecified atom stereocenters. The van der Waals surface area contributed by atoms with Crippen molar-refractivity contribution in [3.05, 3.63) is 46.4 Å². The second-order valence-electron chi connectivity index (χ2n) is 4.93. The average Bonchev–Trinajstić information content (AvgIpc) is 2.42. The molecule has 0 aliphatic rings. The number of halogens is 1. The summed E-state index contributed by atoms with van der Waals surface area (Å²) >= 11 is 3.48.